The molecular formula is C23H23NO. The molecule has 1 atom stereocenters. The molecule has 3 aromatic rings. The molecule has 1 aliphatic carbocycles. The fourth-order valence-corrected chi connectivity index (χ4v) is 3.97. The Kier molecular flexibility index (Phi) is 4.06. The van der Waals surface area contributed by atoms with Gasteiger partial charge < -0.3 is 10.5 Å². The van der Waals surface area contributed by atoms with Crippen molar-refractivity contribution in [2.24, 2.45) is 5.73 Å². The van der Waals surface area contributed by atoms with E-state index in [0.717, 1.165) is 5.75 Å². The number of ether oxygens (including phenoxy) is 1. The smallest absolute Gasteiger partial charge is 0.120 e. The molecule has 1 aliphatic rings. The molecule has 2 N–H and O–H groups in total. The van der Waals surface area contributed by atoms with Crippen LogP contribution in [0.1, 0.15) is 33.7 Å². The molecular weight excluding hydrogens is 306 g/mol. The first-order valence-electron chi connectivity index (χ1n) is 8.79. The molecule has 3 aromatic carbocycles. The molecule has 0 fully saturated rings. The van der Waals surface area contributed by atoms with Gasteiger partial charge in [-0.25, -0.2) is 0 Å². The van der Waals surface area contributed by atoms with Gasteiger partial charge in [-0.15, -0.1) is 0 Å². The van der Waals surface area contributed by atoms with Crippen molar-refractivity contribution in [3.63, 3.8) is 0 Å². The topological polar surface area (TPSA) is 35.2 Å². The Labute approximate surface area is 149 Å². The SMILES string of the molecule is Cc1cc(C)c2c(c1)-c1ccc(OCc3ccccc3)cc1C2CN. The lowest BCUT2D eigenvalue weighted by Crippen LogP contribution is -2.12. The Morgan fingerprint density at radius 3 is 2.48 bits per heavy atom. The zero-order valence-corrected chi connectivity index (χ0v) is 14.8. The summed E-state index contributed by atoms with van der Waals surface area (Å²) < 4.78 is 6.02. The third kappa shape index (κ3) is 2.83. The minimum absolute atomic E-state index is 0.255. The summed E-state index contributed by atoms with van der Waals surface area (Å²) in [5.41, 5.74) is 15.2. The first-order chi connectivity index (χ1) is 12.2. The van der Waals surface area contributed by atoms with Crippen LogP contribution in [-0.2, 0) is 6.61 Å². The van der Waals surface area contributed by atoms with Crippen LogP contribution in [0.3, 0.4) is 0 Å². The minimum atomic E-state index is 0.255. The van der Waals surface area contributed by atoms with Gasteiger partial charge in [0.25, 0.3) is 0 Å². The fraction of sp³-hybridized carbons (Fsp3) is 0.217. The predicted octanol–water partition coefficient (Wildman–Crippen LogP) is 4.95. The number of hydrogen-bond acceptors (Lipinski definition) is 2. The van der Waals surface area contributed by atoms with Crippen LogP contribution < -0.4 is 10.5 Å². The Morgan fingerprint density at radius 1 is 0.920 bits per heavy atom. The lowest BCUT2D eigenvalue weighted by molar-refractivity contribution is 0.306. The largest absolute Gasteiger partial charge is 0.489 e. The Morgan fingerprint density at radius 2 is 1.72 bits per heavy atom. The monoisotopic (exact) mass is 329 g/mol. The predicted molar refractivity (Wildman–Crippen MR) is 103 cm³/mol. The van der Waals surface area contributed by atoms with Crippen molar-refractivity contribution in [2.75, 3.05) is 6.54 Å². The van der Waals surface area contributed by atoms with Crippen molar-refractivity contribution >= 4 is 0 Å². The number of nitrogens with two attached hydrogens (primary N) is 1. The van der Waals surface area contributed by atoms with Gasteiger partial charge in [0.05, 0.1) is 0 Å². The second-order valence-electron chi connectivity index (χ2n) is 6.85. The maximum absolute atomic E-state index is 6.14. The number of benzene rings is 3. The van der Waals surface area contributed by atoms with Crippen LogP contribution in [0, 0.1) is 13.8 Å². The quantitative estimate of drug-likeness (QED) is 0.735. The molecule has 0 aromatic heterocycles. The van der Waals surface area contributed by atoms with Gasteiger partial charge in [-0.05, 0) is 59.4 Å². The van der Waals surface area contributed by atoms with Crippen LogP contribution in [-0.4, -0.2) is 6.54 Å². The maximum Gasteiger partial charge on any atom is 0.120 e. The average Bonchev–Trinajstić information content (AvgIpc) is 2.94. The second kappa shape index (κ2) is 6.38. The zero-order chi connectivity index (χ0) is 17.4. The highest BCUT2D eigenvalue weighted by molar-refractivity contribution is 5.81. The maximum atomic E-state index is 6.14. The number of aryl methyl sites for hydroxylation is 2. The molecule has 0 radical (unpaired) electrons. The molecule has 2 nitrogen and oxygen atoms in total. The normalized spacial score (nSPS) is 14.9. The summed E-state index contributed by atoms with van der Waals surface area (Å²) in [7, 11) is 0. The summed E-state index contributed by atoms with van der Waals surface area (Å²) in [5, 5.41) is 0. The van der Waals surface area contributed by atoms with Crippen molar-refractivity contribution in [1.82, 2.24) is 0 Å². The molecule has 0 saturated heterocycles. The summed E-state index contributed by atoms with van der Waals surface area (Å²) in [6, 6.07) is 21.2. The highest BCUT2D eigenvalue weighted by Crippen LogP contribution is 2.47. The zero-order valence-electron chi connectivity index (χ0n) is 14.8. The lowest BCUT2D eigenvalue weighted by Gasteiger charge is -2.14. The van der Waals surface area contributed by atoms with Gasteiger partial charge in [0.2, 0.25) is 0 Å². The van der Waals surface area contributed by atoms with E-state index in [0.29, 0.717) is 13.2 Å². The molecule has 1 unspecified atom stereocenters. The molecule has 0 aliphatic heterocycles. The highest BCUT2D eigenvalue weighted by Gasteiger charge is 2.29. The molecule has 0 amide bonds. The van der Waals surface area contributed by atoms with E-state index in [1.165, 1.54) is 38.9 Å². The van der Waals surface area contributed by atoms with Crippen LogP contribution in [0.5, 0.6) is 5.75 Å². The summed E-state index contributed by atoms with van der Waals surface area (Å²) in [4.78, 5) is 0. The van der Waals surface area contributed by atoms with Gasteiger partial charge in [-0.3, -0.25) is 0 Å². The number of hydrogen-bond donors (Lipinski definition) is 1. The average molecular weight is 329 g/mol. The molecule has 0 saturated carbocycles. The van der Waals surface area contributed by atoms with E-state index < -0.39 is 0 Å². The Hall–Kier alpha value is -2.58. The van der Waals surface area contributed by atoms with Gasteiger partial charge in [0.1, 0.15) is 12.4 Å². The molecule has 0 spiro atoms. The van der Waals surface area contributed by atoms with Crippen molar-refractivity contribution in [2.45, 2.75) is 26.4 Å². The van der Waals surface area contributed by atoms with Gasteiger partial charge in [0.15, 0.2) is 0 Å². The Balaban J connectivity index is 1.68. The highest BCUT2D eigenvalue weighted by atomic mass is 16.5. The van der Waals surface area contributed by atoms with Crippen molar-refractivity contribution in [3.8, 4) is 16.9 Å². The van der Waals surface area contributed by atoms with Crippen molar-refractivity contribution in [1.29, 1.82) is 0 Å². The first kappa shape index (κ1) is 15.9. The molecule has 4 rings (SSSR count). The molecule has 126 valence electrons. The van der Waals surface area contributed by atoms with Gasteiger partial charge >= 0.3 is 0 Å². The molecule has 2 heteroatoms. The summed E-state index contributed by atoms with van der Waals surface area (Å²) in [6.45, 7) is 5.54. The van der Waals surface area contributed by atoms with E-state index in [-0.39, 0.29) is 5.92 Å². The van der Waals surface area contributed by atoms with Crippen molar-refractivity contribution < 1.29 is 4.74 Å². The molecule has 0 bridgehead atoms. The minimum Gasteiger partial charge on any atom is -0.489 e. The van der Waals surface area contributed by atoms with Gasteiger partial charge in [-0.1, -0.05) is 54.1 Å². The molecule has 0 heterocycles. The van der Waals surface area contributed by atoms with E-state index >= 15 is 0 Å². The van der Waals surface area contributed by atoms with E-state index in [9.17, 15) is 0 Å². The summed E-state index contributed by atoms with van der Waals surface area (Å²) >= 11 is 0. The molecule has 25 heavy (non-hydrogen) atoms. The number of rotatable bonds is 4. The van der Waals surface area contributed by atoms with Crippen LogP contribution in [0.2, 0.25) is 0 Å². The summed E-state index contributed by atoms with van der Waals surface area (Å²) in [6.07, 6.45) is 0. The standard InChI is InChI=1S/C23H23NO/c1-15-10-16(2)23-21(11-15)19-9-8-18(12-20(19)22(23)13-24)25-14-17-6-4-3-5-7-17/h3-12,22H,13-14,24H2,1-2H3. The van der Waals surface area contributed by atoms with E-state index in [1.54, 1.807) is 0 Å². The number of fused-ring (bicyclic) bond motifs is 3. The third-order valence-corrected chi connectivity index (χ3v) is 5.05. The van der Waals surface area contributed by atoms with Crippen LogP contribution >= 0.6 is 0 Å². The van der Waals surface area contributed by atoms with Gasteiger partial charge in [-0.2, -0.15) is 0 Å². The fourth-order valence-electron chi connectivity index (χ4n) is 3.97. The summed E-state index contributed by atoms with van der Waals surface area (Å²) in [5.74, 6) is 1.16. The Bertz CT molecular complexity index is 915. The van der Waals surface area contributed by atoms with Crippen LogP contribution in [0.15, 0.2) is 60.7 Å². The lowest BCUT2D eigenvalue weighted by atomic mass is 9.92. The van der Waals surface area contributed by atoms with Crippen molar-refractivity contribution in [3.05, 3.63) is 88.5 Å². The van der Waals surface area contributed by atoms with Crippen LogP contribution in [0.4, 0.5) is 0 Å². The third-order valence-electron chi connectivity index (χ3n) is 5.05. The van der Waals surface area contributed by atoms with E-state index in [4.69, 9.17) is 10.5 Å². The second-order valence-corrected chi connectivity index (χ2v) is 6.85. The van der Waals surface area contributed by atoms with E-state index in [1.807, 2.05) is 18.2 Å². The van der Waals surface area contributed by atoms with E-state index in [2.05, 4.69) is 56.3 Å². The first-order valence-corrected chi connectivity index (χ1v) is 8.79. The van der Waals surface area contributed by atoms with Crippen LogP contribution in [0.25, 0.3) is 11.1 Å². The van der Waals surface area contributed by atoms with Gasteiger partial charge in [0, 0.05) is 12.5 Å².